The van der Waals surface area contributed by atoms with Crippen LogP contribution >= 0.6 is 23.2 Å². The number of benzene rings is 1. The molecule has 0 bridgehead atoms. The number of amides is 2. The van der Waals surface area contributed by atoms with E-state index in [0.717, 1.165) is 4.68 Å². The lowest BCUT2D eigenvalue weighted by Gasteiger charge is -2.28. The van der Waals surface area contributed by atoms with Gasteiger partial charge in [-0.15, -0.1) is 0 Å². The summed E-state index contributed by atoms with van der Waals surface area (Å²) >= 11 is 11.7. The number of aryl methyl sites for hydroxylation is 1. The number of alkyl halides is 5. The van der Waals surface area contributed by atoms with E-state index in [0.29, 0.717) is 0 Å². The van der Waals surface area contributed by atoms with E-state index in [4.69, 9.17) is 33.7 Å². The van der Waals surface area contributed by atoms with E-state index in [1.54, 1.807) is 0 Å². The van der Waals surface area contributed by atoms with Crippen molar-refractivity contribution in [3.8, 4) is 5.75 Å². The van der Waals surface area contributed by atoms with Gasteiger partial charge in [-0.05, 0) is 45.8 Å². The highest BCUT2D eigenvalue weighted by Gasteiger charge is 2.46. The molecule has 2 N–H and O–H groups in total. The number of hydrogen-bond donors (Lipinski definition) is 1. The van der Waals surface area contributed by atoms with Gasteiger partial charge in [-0.1, -0.05) is 17.2 Å². The van der Waals surface area contributed by atoms with Crippen molar-refractivity contribution in [1.29, 1.82) is 0 Å². The molecule has 146 valence electrons. The van der Waals surface area contributed by atoms with E-state index in [9.17, 15) is 22.8 Å². The van der Waals surface area contributed by atoms with Crippen molar-refractivity contribution in [3.05, 3.63) is 29.8 Å². The normalized spacial score (nSPS) is 11.9. The SMILES string of the molecule is Cn1nnnc1N(CC(F)(F)F)C(=O)C(Cl)(Cl)Oc1ccccc1C(N)=O. The average molecular weight is 427 g/mol. The van der Waals surface area contributed by atoms with Gasteiger partial charge in [0.05, 0.1) is 5.56 Å². The van der Waals surface area contributed by atoms with Gasteiger partial charge in [0.2, 0.25) is 0 Å². The maximum Gasteiger partial charge on any atom is 0.406 e. The molecule has 0 fully saturated rings. The van der Waals surface area contributed by atoms with Crippen LogP contribution in [0, 0.1) is 0 Å². The van der Waals surface area contributed by atoms with E-state index in [-0.39, 0.29) is 16.2 Å². The number of rotatable bonds is 6. The zero-order valence-corrected chi connectivity index (χ0v) is 15.0. The van der Waals surface area contributed by atoms with Crippen molar-refractivity contribution >= 4 is 41.0 Å². The van der Waals surface area contributed by atoms with Crippen molar-refractivity contribution < 1.29 is 27.5 Å². The number of carbonyl (C=O) groups is 2. The Balaban J connectivity index is 2.38. The molecule has 27 heavy (non-hydrogen) atoms. The summed E-state index contributed by atoms with van der Waals surface area (Å²) in [6.07, 6.45) is -4.82. The van der Waals surface area contributed by atoms with Crippen molar-refractivity contribution in [2.24, 2.45) is 12.8 Å². The quantitative estimate of drug-likeness (QED) is 0.698. The third kappa shape index (κ3) is 4.98. The van der Waals surface area contributed by atoms with Gasteiger partial charge < -0.3 is 10.5 Å². The zero-order chi connectivity index (χ0) is 20.4. The third-order valence-electron chi connectivity index (χ3n) is 3.06. The Bertz CT molecular complexity index is 858. The van der Waals surface area contributed by atoms with Crippen LogP contribution in [-0.4, -0.2) is 49.3 Å². The highest BCUT2D eigenvalue weighted by atomic mass is 35.5. The van der Waals surface area contributed by atoms with Crippen LogP contribution in [0.4, 0.5) is 19.1 Å². The van der Waals surface area contributed by atoms with E-state index >= 15 is 0 Å². The molecule has 0 atom stereocenters. The average Bonchev–Trinajstić information content (AvgIpc) is 2.97. The van der Waals surface area contributed by atoms with Crippen LogP contribution in [0.15, 0.2) is 24.3 Å². The van der Waals surface area contributed by atoms with Crippen molar-refractivity contribution in [1.82, 2.24) is 20.2 Å². The number of ether oxygens (including phenoxy) is 1. The number of nitrogens with zero attached hydrogens (tertiary/aromatic N) is 5. The predicted molar refractivity (Wildman–Crippen MR) is 87.2 cm³/mol. The Hall–Kier alpha value is -2.60. The lowest BCUT2D eigenvalue weighted by molar-refractivity contribution is -0.136. The molecular formula is C13H11Cl2F3N6O3. The molecule has 14 heteroatoms. The summed E-state index contributed by atoms with van der Waals surface area (Å²) in [7, 11) is 1.21. The lowest BCUT2D eigenvalue weighted by atomic mass is 10.2. The summed E-state index contributed by atoms with van der Waals surface area (Å²) in [6.45, 7) is -1.79. The van der Waals surface area contributed by atoms with Crippen LogP contribution in [0.5, 0.6) is 5.75 Å². The second-order valence-electron chi connectivity index (χ2n) is 5.09. The third-order valence-corrected chi connectivity index (χ3v) is 3.54. The van der Waals surface area contributed by atoms with Crippen LogP contribution in [0.25, 0.3) is 0 Å². The molecule has 1 aromatic heterocycles. The number of carbonyl (C=O) groups excluding carboxylic acids is 2. The van der Waals surface area contributed by atoms with E-state index in [2.05, 4.69) is 15.5 Å². The summed E-state index contributed by atoms with van der Waals surface area (Å²) in [6, 6.07) is 5.33. The van der Waals surface area contributed by atoms with Gasteiger partial charge in [0.1, 0.15) is 12.3 Å². The van der Waals surface area contributed by atoms with E-state index in [1.807, 2.05) is 0 Å². The number of nitrogens with two attached hydrogens (primary N) is 1. The first-order chi connectivity index (χ1) is 12.4. The number of anilines is 1. The van der Waals surface area contributed by atoms with Crippen molar-refractivity contribution in [3.63, 3.8) is 0 Å². The van der Waals surface area contributed by atoms with Gasteiger partial charge >= 0.3 is 16.6 Å². The first-order valence-corrected chi connectivity index (χ1v) is 7.74. The number of primary amides is 1. The van der Waals surface area contributed by atoms with Gasteiger partial charge in [0.25, 0.3) is 11.9 Å². The Morgan fingerprint density at radius 3 is 2.44 bits per heavy atom. The van der Waals surface area contributed by atoms with Gasteiger partial charge in [0.15, 0.2) is 0 Å². The van der Waals surface area contributed by atoms with Crippen LogP contribution in [0.2, 0.25) is 0 Å². The highest BCUT2D eigenvalue weighted by molar-refractivity contribution is 6.58. The molecule has 0 saturated carbocycles. The topological polar surface area (TPSA) is 116 Å². The maximum absolute atomic E-state index is 12.9. The molecule has 2 rings (SSSR count). The summed E-state index contributed by atoms with van der Waals surface area (Å²) in [5, 5.41) is 9.88. The van der Waals surface area contributed by atoms with Gasteiger partial charge in [-0.25, -0.2) is 4.68 Å². The Labute approximate surface area is 159 Å². The molecule has 0 aliphatic heterocycles. The van der Waals surface area contributed by atoms with Gasteiger partial charge in [0, 0.05) is 7.05 Å². The van der Waals surface area contributed by atoms with Crippen LogP contribution in [-0.2, 0) is 11.8 Å². The molecule has 0 radical (unpaired) electrons. The summed E-state index contributed by atoms with van der Waals surface area (Å²) in [5.41, 5.74) is 4.99. The monoisotopic (exact) mass is 426 g/mol. The minimum absolute atomic E-state index is 0.104. The number of halogens is 5. The number of para-hydroxylation sites is 1. The van der Waals surface area contributed by atoms with Crippen molar-refractivity contribution in [2.45, 2.75) is 10.7 Å². The summed E-state index contributed by atoms with van der Waals surface area (Å²) in [5.74, 6) is -3.33. The molecular weight excluding hydrogens is 416 g/mol. The highest BCUT2D eigenvalue weighted by Crippen LogP contribution is 2.33. The number of hydrogen-bond acceptors (Lipinski definition) is 6. The summed E-state index contributed by atoms with van der Waals surface area (Å²) < 4.78 is 41.8. The fourth-order valence-corrected chi connectivity index (χ4v) is 2.33. The molecule has 1 heterocycles. The van der Waals surface area contributed by atoms with E-state index in [1.165, 1.54) is 31.3 Å². The molecule has 1 aromatic carbocycles. The standard InChI is InChI=1S/C13H11Cl2F3N6O3/c1-23-11(20-21-22-23)24(6-12(16,17)18)10(26)13(14,15)27-8-5-3-2-4-7(8)9(19)25/h2-5H,6H2,1H3,(H2,19,25). The molecule has 2 amide bonds. The molecule has 0 unspecified atom stereocenters. The molecule has 0 saturated heterocycles. The zero-order valence-electron chi connectivity index (χ0n) is 13.4. The predicted octanol–water partition coefficient (Wildman–Crippen LogP) is 1.41. The maximum atomic E-state index is 12.9. The van der Waals surface area contributed by atoms with E-state index < -0.39 is 35.0 Å². The largest absolute Gasteiger partial charge is 0.449 e. The molecule has 2 aromatic rings. The smallest absolute Gasteiger partial charge is 0.406 e. The fraction of sp³-hybridized carbons (Fsp3) is 0.308. The second-order valence-corrected chi connectivity index (χ2v) is 6.35. The lowest BCUT2D eigenvalue weighted by Crippen LogP contribution is -2.50. The minimum Gasteiger partial charge on any atom is -0.449 e. The molecule has 0 aliphatic rings. The molecule has 9 nitrogen and oxygen atoms in total. The minimum atomic E-state index is -4.82. The Morgan fingerprint density at radius 2 is 1.93 bits per heavy atom. The second kappa shape index (κ2) is 7.56. The summed E-state index contributed by atoms with van der Waals surface area (Å²) in [4.78, 5) is 24.1. The Morgan fingerprint density at radius 1 is 1.30 bits per heavy atom. The van der Waals surface area contributed by atoms with Gasteiger partial charge in [-0.3, -0.25) is 14.5 Å². The van der Waals surface area contributed by atoms with Crippen molar-refractivity contribution in [2.75, 3.05) is 11.4 Å². The Kier molecular flexibility index (Phi) is 5.80. The van der Waals surface area contributed by atoms with Gasteiger partial charge in [-0.2, -0.15) is 13.2 Å². The van der Waals surface area contributed by atoms with Crippen LogP contribution in [0.1, 0.15) is 10.4 Å². The number of tetrazole rings is 1. The van der Waals surface area contributed by atoms with Crippen LogP contribution < -0.4 is 15.4 Å². The fourth-order valence-electron chi connectivity index (χ4n) is 1.96. The molecule has 0 spiro atoms. The first kappa shape index (κ1) is 20.7. The molecule has 0 aliphatic carbocycles. The number of aromatic nitrogens is 4. The first-order valence-electron chi connectivity index (χ1n) is 6.99. The van der Waals surface area contributed by atoms with Crippen LogP contribution in [0.3, 0.4) is 0 Å².